The van der Waals surface area contributed by atoms with E-state index in [1.165, 1.54) is 6.92 Å². The predicted octanol–water partition coefficient (Wildman–Crippen LogP) is -3.84. The fourth-order valence-corrected chi connectivity index (χ4v) is 2.11. The lowest BCUT2D eigenvalue weighted by atomic mass is 10.1. The number of aryl methyl sites for hydroxylation is 1. The Morgan fingerprint density at radius 2 is 1.78 bits per heavy atom. The zero-order chi connectivity index (χ0) is 17.3. The minimum Gasteiger partial charge on any atom is -0.394 e. The number of aromatic nitrogens is 4. The molecule has 126 valence electrons. The average molecular weight is 328 g/mol. The molecule has 0 unspecified atom stereocenters. The summed E-state index contributed by atoms with van der Waals surface area (Å²) < 4.78 is 0.867. The van der Waals surface area contributed by atoms with Gasteiger partial charge in [-0.05, 0) is 6.92 Å². The number of hydrogen-bond donors (Lipinski definition) is 6. The van der Waals surface area contributed by atoms with Gasteiger partial charge in [0.2, 0.25) is 0 Å². The van der Waals surface area contributed by atoms with Crippen molar-refractivity contribution in [3.05, 3.63) is 36.9 Å². The Morgan fingerprint density at radius 3 is 2.39 bits per heavy atom. The molecule has 0 aliphatic carbocycles. The first-order valence-electron chi connectivity index (χ1n) is 6.65. The molecule has 0 saturated carbocycles. The second-order valence-corrected chi connectivity index (χ2v) is 5.03. The van der Waals surface area contributed by atoms with Crippen molar-refractivity contribution in [3.8, 4) is 0 Å². The van der Waals surface area contributed by atoms with E-state index in [1.54, 1.807) is 0 Å². The van der Waals surface area contributed by atoms with Crippen molar-refractivity contribution in [3.63, 3.8) is 0 Å². The molecule has 2 aromatic heterocycles. The van der Waals surface area contributed by atoms with Crippen LogP contribution in [-0.4, -0.2) is 64.9 Å². The SMILES string of the molecule is Cc1nc2c(=O)[nH]c(=O)[nH]c2n(C[C@@H](O)[C@@H](O)[C@H](O)CO)c1=O. The van der Waals surface area contributed by atoms with Gasteiger partial charge in [-0.3, -0.25) is 24.1 Å². The Hall–Kier alpha value is -2.34. The molecule has 0 fully saturated rings. The molecule has 23 heavy (non-hydrogen) atoms. The van der Waals surface area contributed by atoms with Gasteiger partial charge in [0.25, 0.3) is 11.1 Å². The average Bonchev–Trinajstić information content (AvgIpc) is 2.51. The summed E-state index contributed by atoms with van der Waals surface area (Å²) in [5.41, 5.74) is -2.87. The third-order valence-electron chi connectivity index (χ3n) is 3.35. The van der Waals surface area contributed by atoms with Crippen molar-refractivity contribution in [2.45, 2.75) is 31.8 Å². The molecular formula is C12H16N4O7. The van der Waals surface area contributed by atoms with Gasteiger partial charge in [0.05, 0.1) is 13.2 Å². The van der Waals surface area contributed by atoms with E-state index in [0.29, 0.717) is 0 Å². The Kier molecular flexibility index (Phi) is 4.75. The first kappa shape index (κ1) is 17.0. The van der Waals surface area contributed by atoms with Gasteiger partial charge in [0.15, 0.2) is 5.52 Å². The highest BCUT2D eigenvalue weighted by Gasteiger charge is 2.26. The first-order valence-corrected chi connectivity index (χ1v) is 6.65. The summed E-state index contributed by atoms with van der Waals surface area (Å²) in [5.74, 6) is 0. The summed E-state index contributed by atoms with van der Waals surface area (Å²) >= 11 is 0. The quantitative estimate of drug-likeness (QED) is 0.322. The molecule has 11 nitrogen and oxygen atoms in total. The van der Waals surface area contributed by atoms with Crippen molar-refractivity contribution in [1.29, 1.82) is 0 Å². The number of aliphatic hydroxyl groups is 4. The smallest absolute Gasteiger partial charge is 0.327 e. The van der Waals surface area contributed by atoms with Crippen molar-refractivity contribution >= 4 is 11.2 Å². The minimum atomic E-state index is -1.73. The molecule has 0 radical (unpaired) electrons. The van der Waals surface area contributed by atoms with Crippen LogP contribution in [0.5, 0.6) is 0 Å². The molecule has 11 heteroatoms. The molecule has 6 N–H and O–H groups in total. The molecule has 0 bridgehead atoms. The largest absolute Gasteiger partial charge is 0.394 e. The van der Waals surface area contributed by atoms with Crippen LogP contribution in [0.2, 0.25) is 0 Å². The van der Waals surface area contributed by atoms with E-state index in [1.807, 2.05) is 4.98 Å². The van der Waals surface area contributed by atoms with E-state index in [2.05, 4.69) is 9.97 Å². The maximum Gasteiger partial charge on any atom is 0.327 e. The van der Waals surface area contributed by atoms with Crippen molar-refractivity contribution in [2.24, 2.45) is 0 Å². The van der Waals surface area contributed by atoms with Crippen LogP contribution >= 0.6 is 0 Å². The zero-order valence-corrected chi connectivity index (χ0v) is 12.1. The molecule has 2 heterocycles. The molecule has 0 amide bonds. The fraction of sp³-hybridized carbons (Fsp3) is 0.500. The third-order valence-corrected chi connectivity index (χ3v) is 3.35. The molecular weight excluding hydrogens is 312 g/mol. The highest BCUT2D eigenvalue weighted by atomic mass is 16.4. The van der Waals surface area contributed by atoms with E-state index < -0.39 is 48.3 Å². The van der Waals surface area contributed by atoms with Gasteiger partial charge in [-0.1, -0.05) is 0 Å². The van der Waals surface area contributed by atoms with Crippen LogP contribution < -0.4 is 16.8 Å². The highest BCUT2D eigenvalue weighted by molar-refractivity contribution is 5.68. The monoisotopic (exact) mass is 328 g/mol. The minimum absolute atomic E-state index is 0.0561. The lowest BCUT2D eigenvalue weighted by Gasteiger charge is -2.22. The Balaban J connectivity index is 2.60. The van der Waals surface area contributed by atoms with E-state index >= 15 is 0 Å². The summed E-state index contributed by atoms with van der Waals surface area (Å²) in [6.45, 7) is 0.0181. The van der Waals surface area contributed by atoms with Gasteiger partial charge in [0, 0.05) is 0 Å². The number of fused-ring (bicyclic) bond motifs is 1. The third kappa shape index (κ3) is 3.22. The normalized spacial score (nSPS) is 15.5. The lowest BCUT2D eigenvalue weighted by Crippen LogP contribution is -2.44. The van der Waals surface area contributed by atoms with Crippen LogP contribution in [0.3, 0.4) is 0 Å². The van der Waals surface area contributed by atoms with Crippen LogP contribution in [0.15, 0.2) is 14.4 Å². The van der Waals surface area contributed by atoms with E-state index in [9.17, 15) is 29.7 Å². The standard InChI is InChI=1S/C12H16N4O7/c1-4-11(22)16(2-5(18)8(20)6(19)3-17)9-7(13-4)10(21)15-12(23)14-9/h5-6,8,17-20H,2-3H2,1H3,(H2,14,15,21,23)/t5-,6-,8-/m1/s1. The van der Waals surface area contributed by atoms with Gasteiger partial charge >= 0.3 is 5.69 Å². The number of aliphatic hydroxyl groups excluding tert-OH is 4. The van der Waals surface area contributed by atoms with Crippen LogP contribution in [-0.2, 0) is 6.54 Å². The number of aromatic amines is 2. The maximum atomic E-state index is 12.2. The first-order chi connectivity index (χ1) is 10.8. The summed E-state index contributed by atoms with van der Waals surface area (Å²) in [6, 6.07) is 0. The van der Waals surface area contributed by atoms with Gasteiger partial charge in [0.1, 0.15) is 29.7 Å². The zero-order valence-electron chi connectivity index (χ0n) is 12.1. The maximum absolute atomic E-state index is 12.2. The van der Waals surface area contributed by atoms with Gasteiger partial charge in [-0.25, -0.2) is 9.78 Å². The second kappa shape index (κ2) is 6.42. The summed E-state index contributed by atoms with van der Waals surface area (Å²) in [6.07, 6.45) is -4.98. The lowest BCUT2D eigenvalue weighted by molar-refractivity contribution is -0.0805. The van der Waals surface area contributed by atoms with Crippen molar-refractivity contribution < 1.29 is 20.4 Å². The summed E-state index contributed by atoms with van der Waals surface area (Å²) in [7, 11) is 0. The highest BCUT2D eigenvalue weighted by Crippen LogP contribution is 2.06. The number of H-pyrrole nitrogens is 2. The topological polar surface area (TPSA) is 182 Å². The Morgan fingerprint density at radius 1 is 1.13 bits per heavy atom. The number of nitrogens with zero attached hydrogens (tertiary/aromatic N) is 2. The van der Waals surface area contributed by atoms with Crippen molar-refractivity contribution in [1.82, 2.24) is 19.5 Å². The second-order valence-electron chi connectivity index (χ2n) is 5.03. The van der Waals surface area contributed by atoms with Crippen LogP contribution in [0.25, 0.3) is 11.2 Å². The van der Waals surface area contributed by atoms with Crippen LogP contribution in [0, 0.1) is 6.92 Å². The molecule has 2 rings (SSSR count). The number of hydrogen-bond acceptors (Lipinski definition) is 8. The number of rotatable bonds is 5. The van der Waals surface area contributed by atoms with E-state index in [-0.39, 0.29) is 16.9 Å². The van der Waals surface area contributed by atoms with Crippen LogP contribution in [0.1, 0.15) is 5.69 Å². The van der Waals surface area contributed by atoms with Crippen LogP contribution in [0.4, 0.5) is 0 Å². The summed E-state index contributed by atoms with van der Waals surface area (Å²) in [4.78, 5) is 43.3. The molecule has 0 aliphatic heterocycles. The number of nitrogens with one attached hydrogen (secondary N) is 2. The molecule has 0 spiro atoms. The summed E-state index contributed by atoms with van der Waals surface area (Å²) in [5, 5.41) is 37.7. The van der Waals surface area contributed by atoms with E-state index in [0.717, 1.165) is 4.57 Å². The molecule has 0 aromatic carbocycles. The molecule has 0 aliphatic rings. The predicted molar refractivity (Wildman–Crippen MR) is 77.1 cm³/mol. The van der Waals surface area contributed by atoms with Gasteiger partial charge < -0.3 is 20.4 Å². The van der Waals surface area contributed by atoms with Crippen molar-refractivity contribution in [2.75, 3.05) is 6.61 Å². The molecule has 3 atom stereocenters. The van der Waals surface area contributed by atoms with Gasteiger partial charge in [-0.2, -0.15) is 0 Å². The van der Waals surface area contributed by atoms with E-state index in [4.69, 9.17) is 5.11 Å². The molecule has 2 aromatic rings. The Labute approximate surface area is 127 Å². The van der Waals surface area contributed by atoms with Gasteiger partial charge in [-0.15, -0.1) is 0 Å². The fourth-order valence-electron chi connectivity index (χ4n) is 2.11. The molecule has 0 saturated heterocycles. The Bertz CT molecular complexity index is 884.